The first-order valence-electron chi connectivity index (χ1n) is 9.66. The van der Waals surface area contributed by atoms with Crippen LogP contribution in [0.4, 0.5) is 10.1 Å². The van der Waals surface area contributed by atoms with Gasteiger partial charge in [0.2, 0.25) is 11.8 Å². The lowest BCUT2D eigenvalue weighted by Gasteiger charge is -2.41. The van der Waals surface area contributed by atoms with Crippen LogP contribution in [0.15, 0.2) is 24.3 Å². The standard InChI is InChI=1S/C20H31FN4O2.2ClH/c1-4-20(5-2,14-22)19(27)25-11-9-24(10-12-25)15(3)18(26)23-17-8-6-7-16(21)13-17;;/h6-8,13,15H,4-5,9-12,14,22H2,1-3H3,(H,23,26);2*1H. The molecule has 0 saturated carbocycles. The zero-order valence-corrected chi connectivity index (χ0v) is 19.0. The quantitative estimate of drug-likeness (QED) is 0.669. The molecule has 1 aliphatic rings. The van der Waals surface area contributed by atoms with E-state index in [1.807, 2.05) is 30.6 Å². The minimum absolute atomic E-state index is 0. The van der Waals surface area contributed by atoms with Crippen LogP contribution in [0.1, 0.15) is 33.6 Å². The SMILES string of the molecule is CCC(CC)(CN)C(=O)N1CCN(C(C)C(=O)Nc2cccc(F)c2)CC1.Cl.Cl. The van der Waals surface area contributed by atoms with Crippen LogP contribution in [-0.4, -0.2) is 60.4 Å². The summed E-state index contributed by atoms with van der Waals surface area (Å²) in [4.78, 5) is 29.3. The topological polar surface area (TPSA) is 78.7 Å². The molecule has 3 N–H and O–H groups in total. The van der Waals surface area contributed by atoms with Crippen molar-refractivity contribution >= 4 is 42.3 Å². The Morgan fingerprint density at radius 1 is 1.17 bits per heavy atom. The molecule has 1 fully saturated rings. The fourth-order valence-electron chi connectivity index (χ4n) is 3.55. The Labute approximate surface area is 185 Å². The Morgan fingerprint density at radius 2 is 1.76 bits per heavy atom. The van der Waals surface area contributed by atoms with Gasteiger partial charge in [0.05, 0.1) is 11.5 Å². The minimum atomic E-state index is -0.484. The fourth-order valence-corrected chi connectivity index (χ4v) is 3.55. The normalized spacial score (nSPS) is 15.7. The molecule has 1 unspecified atom stereocenters. The minimum Gasteiger partial charge on any atom is -0.340 e. The fraction of sp³-hybridized carbons (Fsp3) is 0.600. The van der Waals surface area contributed by atoms with E-state index < -0.39 is 5.41 Å². The second-order valence-corrected chi connectivity index (χ2v) is 7.20. The highest BCUT2D eigenvalue weighted by molar-refractivity contribution is 5.94. The highest BCUT2D eigenvalue weighted by Crippen LogP contribution is 2.28. The Balaban J connectivity index is 0.00000392. The lowest BCUT2D eigenvalue weighted by Crippen LogP contribution is -2.57. The number of hydrogen-bond acceptors (Lipinski definition) is 4. The van der Waals surface area contributed by atoms with E-state index in [0.717, 1.165) is 12.8 Å². The maximum Gasteiger partial charge on any atom is 0.241 e. The van der Waals surface area contributed by atoms with Gasteiger partial charge in [-0.3, -0.25) is 14.5 Å². The van der Waals surface area contributed by atoms with Gasteiger partial charge < -0.3 is 16.0 Å². The number of anilines is 1. The van der Waals surface area contributed by atoms with Crippen LogP contribution in [0.25, 0.3) is 0 Å². The van der Waals surface area contributed by atoms with Crippen molar-refractivity contribution in [2.45, 2.75) is 39.7 Å². The zero-order valence-electron chi connectivity index (χ0n) is 17.3. The molecule has 1 heterocycles. The summed E-state index contributed by atoms with van der Waals surface area (Å²) in [7, 11) is 0. The first-order valence-corrected chi connectivity index (χ1v) is 9.66. The number of hydrogen-bond donors (Lipinski definition) is 2. The average Bonchev–Trinajstić information content (AvgIpc) is 2.69. The number of nitrogens with zero attached hydrogens (tertiary/aromatic N) is 2. The van der Waals surface area contributed by atoms with E-state index in [4.69, 9.17) is 5.73 Å². The molecule has 2 amide bonds. The molecule has 1 aliphatic heterocycles. The third-order valence-corrected chi connectivity index (χ3v) is 5.82. The number of piperazine rings is 1. The van der Waals surface area contributed by atoms with E-state index in [1.54, 1.807) is 12.1 Å². The van der Waals surface area contributed by atoms with Gasteiger partial charge in [-0.25, -0.2) is 4.39 Å². The number of halogens is 3. The molecule has 0 spiro atoms. The molecule has 0 bridgehead atoms. The summed E-state index contributed by atoms with van der Waals surface area (Å²) in [6, 6.07) is 5.49. The van der Waals surface area contributed by atoms with E-state index in [2.05, 4.69) is 5.32 Å². The first-order chi connectivity index (χ1) is 12.9. The molecular formula is C20H33Cl2FN4O2. The van der Waals surface area contributed by atoms with E-state index in [-0.39, 0.29) is 48.5 Å². The van der Waals surface area contributed by atoms with Crippen molar-refractivity contribution in [1.82, 2.24) is 9.80 Å². The summed E-state index contributed by atoms with van der Waals surface area (Å²) in [5, 5.41) is 2.75. The number of benzene rings is 1. The Morgan fingerprint density at radius 3 is 2.24 bits per heavy atom. The number of nitrogens with one attached hydrogen (secondary N) is 1. The Bertz CT molecular complexity index is 657. The monoisotopic (exact) mass is 450 g/mol. The number of nitrogens with two attached hydrogens (primary N) is 1. The smallest absolute Gasteiger partial charge is 0.241 e. The molecule has 166 valence electrons. The maximum atomic E-state index is 13.3. The second kappa shape index (κ2) is 12.3. The molecule has 0 radical (unpaired) electrons. The summed E-state index contributed by atoms with van der Waals surface area (Å²) < 4.78 is 13.3. The zero-order chi connectivity index (χ0) is 20.0. The van der Waals surface area contributed by atoms with E-state index >= 15 is 0 Å². The largest absolute Gasteiger partial charge is 0.340 e. The molecule has 9 heteroatoms. The summed E-state index contributed by atoms with van der Waals surface area (Å²) >= 11 is 0. The van der Waals surface area contributed by atoms with Gasteiger partial charge in [0.25, 0.3) is 0 Å². The third-order valence-electron chi connectivity index (χ3n) is 5.82. The van der Waals surface area contributed by atoms with Crippen molar-refractivity contribution in [1.29, 1.82) is 0 Å². The predicted octanol–water partition coefficient (Wildman–Crippen LogP) is 2.91. The summed E-state index contributed by atoms with van der Waals surface area (Å²) in [6.45, 7) is 8.60. The van der Waals surface area contributed by atoms with Crippen molar-refractivity contribution in [3.63, 3.8) is 0 Å². The van der Waals surface area contributed by atoms with Crippen LogP contribution in [0, 0.1) is 11.2 Å². The highest BCUT2D eigenvalue weighted by Gasteiger charge is 2.38. The second-order valence-electron chi connectivity index (χ2n) is 7.20. The molecule has 0 aromatic heterocycles. The van der Waals surface area contributed by atoms with Gasteiger partial charge in [-0.15, -0.1) is 24.8 Å². The predicted molar refractivity (Wildman–Crippen MR) is 119 cm³/mol. The molecule has 1 aromatic carbocycles. The average molecular weight is 451 g/mol. The number of rotatable bonds is 7. The van der Waals surface area contributed by atoms with E-state index in [1.165, 1.54) is 12.1 Å². The van der Waals surface area contributed by atoms with Gasteiger partial charge >= 0.3 is 0 Å². The number of carbonyl (C=O) groups excluding carboxylic acids is 2. The molecule has 29 heavy (non-hydrogen) atoms. The van der Waals surface area contributed by atoms with E-state index in [0.29, 0.717) is 38.4 Å². The van der Waals surface area contributed by atoms with Crippen molar-refractivity contribution < 1.29 is 14.0 Å². The van der Waals surface area contributed by atoms with Crippen LogP contribution < -0.4 is 11.1 Å². The van der Waals surface area contributed by atoms with Crippen LogP contribution in [0.2, 0.25) is 0 Å². The van der Waals surface area contributed by atoms with Crippen molar-refractivity contribution in [3.05, 3.63) is 30.1 Å². The Kier molecular flexibility index (Phi) is 11.7. The van der Waals surface area contributed by atoms with Crippen LogP contribution in [0.5, 0.6) is 0 Å². The van der Waals surface area contributed by atoms with Gasteiger partial charge in [0, 0.05) is 38.4 Å². The molecule has 6 nitrogen and oxygen atoms in total. The molecule has 2 rings (SSSR count). The van der Waals surface area contributed by atoms with Gasteiger partial charge in [-0.05, 0) is 38.0 Å². The first kappa shape index (κ1) is 27.6. The molecule has 1 saturated heterocycles. The molecule has 1 atom stereocenters. The maximum absolute atomic E-state index is 13.3. The van der Waals surface area contributed by atoms with E-state index in [9.17, 15) is 14.0 Å². The van der Waals surface area contributed by atoms with Crippen molar-refractivity contribution in [3.8, 4) is 0 Å². The van der Waals surface area contributed by atoms with Crippen molar-refractivity contribution in [2.24, 2.45) is 11.1 Å². The lowest BCUT2D eigenvalue weighted by molar-refractivity contribution is -0.144. The number of carbonyl (C=O) groups is 2. The molecule has 1 aromatic rings. The van der Waals surface area contributed by atoms with Crippen LogP contribution in [-0.2, 0) is 9.59 Å². The molecular weight excluding hydrogens is 418 g/mol. The van der Waals surface area contributed by atoms with Gasteiger partial charge in [0.1, 0.15) is 5.82 Å². The van der Waals surface area contributed by atoms with Crippen LogP contribution >= 0.6 is 24.8 Å². The lowest BCUT2D eigenvalue weighted by atomic mass is 9.80. The van der Waals surface area contributed by atoms with Crippen molar-refractivity contribution in [2.75, 3.05) is 38.0 Å². The third kappa shape index (κ3) is 6.54. The Hall–Kier alpha value is -1.41. The number of amides is 2. The summed E-state index contributed by atoms with van der Waals surface area (Å²) in [5.74, 6) is -0.451. The van der Waals surface area contributed by atoms with Gasteiger partial charge in [-0.2, -0.15) is 0 Å². The highest BCUT2D eigenvalue weighted by atomic mass is 35.5. The van der Waals surface area contributed by atoms with Gasteiger partial charge in [-0.1, -0.05) is 19.9 Å². The summed E-state index contributed by atoms with van der Waals surface area (Å²) in [5.41, 5.74) is 5.86. The van der Waals surface area contributed by atoms with Crippen LogP contribution in [0.3, 0.4) is 0 Å². The van der Waals surface area contributed by atoms with Gasteiger partial charge in [0.15, 0.2) is 0 Å². The summed E-state index contributed by atoms with van der Waals surface area (Å²) in [6.07, 6.45) is 1.46. The molecule has 0 aliphatic carbocycles.